The Hall–Kier alpha value is -3.13. The number of piperidine rings is 1. The first kappa shape index (κ1) is 24.6. The summed E-state index contributed by atoms with van der Waals surface area (Å²) in [5, 5.41) is 22.3. The molecule has 3 heterocycles. The minimum absolute atomic E-state index is 0.0609. The largest absolute Gasteiger partial charge is 0.373 e. The maximum atomic E-state index is 12.7. The molecule has 2 aromatic carbocycles. The summed E-state index contributed by atoms with van der Waals surface area (Å²) >= 11 is 0. The van der Waals surface area contributed by atoms with Crippen molar-refractivity contribution < 1.29 is 9.90 Å². The Kier molecular flexibility index (Phi) is 8.01. The van der Waals surface area contributed by atoms with E-state index in [1.165, 1.54) is 43.5 Å². The zero-order valence-corrected chi connectivity index (χ0v) is 20.7. The molecular weight excluding hydrogens is 450 g/mol. The number of amides is 1. The lowest BCUT2D eigenvalue weighted by Gasteiger charge is -2.26. The predicted molar refractivity (Wildman–Crippen MR) is 140 cm³/mol. The molecule has 2 fully saturated rings. The molecule has 2 unspecified atom stereocenters. The number of benzene rings is 2. The Morgan fingerprint density at radius 1 is 0.889 bits per heavy atom. The van der Waals surface area contributed by atoms with Crippen LogP contribution < -0.4 is 10.2 Å². The van der Waals surface area contributed by atoms with Gasteiger partial charge in [0.2, 0.25) is 5.91 Å². The standard InChI is InChI=1S/C29H35N5O2/c35-28-19-25(21-34(28)26-14-10-23(11-15-26)20-33-17-5-2-6-18-33)30-29(36)27-16-13-24(31-32-27)12-9-22-7-3-1-4-8-22/h1,3-4,7-8,10-11,13-16,25,29-30,36H,2,5-6,9,12,17-21H2. The molecule has 36 heavy (non-hydrogen) atoms. The predicted octanol–water partition coefficient (Wildman–Crippen LogP) is 3.63. The molecule has 2 N–H and O–H groups in total. The number of carbonyl (C=O) groups excluding carboxylic acids is 1. The van der Waals surface area contributed by atoms with Crippen molar-refractivity contribution in [3.8, 4) is 0 Å². The first-order valence-electron chi connectivity index (χ1n) is 13.1. The molecule has 2 saturated heterocycles. The molecule has 2 aliphatic rings. The van der Waals surface area contributed by atoms with Crippen LogP contribution in [0.3, 0.4) is 0 Å². The van der Waals surface area contributed by atoms with Gasteiger partial charge in [-0.15, -0.1) is 0 Å². The van der Waals surface area contributed by atoms with Crippen LogP contribution in [0.2, 0.25) is 0 Å². The molecule has 0 spiro atoms. The molecule has 5 rings (SSSR count). The van der Waals surface area contributed by atoms with Crippen molar-refractivity contribution in [2.75, 3.05) is 24.5 Å². The van der Waals surface area contributed by atoms with Crippen molar-refractivity contribution in [1.29, 1.82) is 0 Å². The molecule has 0 bridgehead atoms. The Bertz CT molecular complexity index is 1110. The molecule has 0 radical (unpaired) electrons. The minimum Gasteiger partial charge on any atom is -0.373 e. The number of aryl methyl sites for hydroxylation is 2. The van der Waals surface area contributed by atoms with E-state index in [9.17, 15) is 9.90 Å². The Balaban J connectivity index is 1.12. The maximum absolute atomic E-state index is 12.7. The lowest BCUT2D eigenvalue weighted by molar-refractivity contribution is -0.117. The summed E-state index contributed by atoms with van der Waals surface area (Å²) in [5.41, 5.74) is 4.80. The SMILES string of the molecule is O=C1CC(NC(O)c2ccc(CCc3ccccc3)nn2)CN1c1ccc(CN2CCCCC2)cc1. The van der Waals surface area contributed by atoms with Crippen LogP contribution in [-0.2, 0) is 24.2 Å². The van der Waals surface area contributed by atoms with Gasteiger partial charge in [-0.25, -0.2) is 0 Å². The lowest BCUT2D eigenvalue weighted by Crippen LogP contribution is -2.36. The summed E-state index contributed by atoms with van der Waals surface area (Å²) in [5.74, 6) is 0.0609. The molecule has 188 valence electrons. The molecule has 0 aliphatic carbocycles. The first-order valence-corrected chi connectivity index (χ1v) is 13.1. The van der Waals surface area contributed by atoms with Crippen LogP contribution in [0.5, 0.6) is 0 Å². The van der Waals surface area contributed by atoms with Crippen LogP contribution in [0, 0.1) is 0 Å². The summed E-state index contributed by atoms with van der Waals surface area (Å²) in [4.78, 5) is 17.0. The molecule has 0 saturated carbocycles. The van der Waals surface area contributed by atoms with Crippen LogP contribution >= 0.6 is 0 Å². The van der Waals surface area contributed by atoms with Crippen LogP contribution in [0.25, 0.3) is 0 Å². The van der Waals surface area contributed by atoms with E-state index in [4.69, 9.17) is 0 Å². The molecule has 1 amide bonds. The number of aliphatic hydroxyl groups is 1. The quantitative estimate of drug-likeness (QED) is 0.451. The molecular formula is C29H35N5O2. The Labute approximate surface area is 213 Å². The van der Waals surface area contributed by atoms with E-state index in [-0.39, 0.29) is 11.9 Å². The van der Waals surface area contributed by atoms with Crippen LogP contribution in [0.4, 0.5) is 5.69 Å². The van der Waals surface area contributed by atoms with Gasteiger partial charge in [0.05, 0.1) is 5.69 Å². The number of carbonyl (C=O) groups is 1. The number of aromatic nitrogens is 2. The van der Waals surface area contributed by atoms with Crippen LogP contribution in [0.15, 0.2) is 66.7 Å². The highest BCUT2D eigenvalue weighted by molar-refractivity contribution is 5.96. The molecule has 7 heteroatoms. The van der Waals surface area contributed by atoms with E-state index >= 15 is 0 Å². The monoisotopic (exact) mass is 485 g/mol. The fourth-order valence-corrected chi connectivity index (χ4v) is 5.10. The highest BCUT2D eigenvalue weighted by Crippen LogP contribution is 2.24. The zero-order valence-electron chi connectivity index (χ0n) is 20.7. The minimum atomic E-state index is -0.967. The number of hydrogen-bond acceptors (Lipinski definition) is 6. The highest BCUT2D eigenvalue weighted by atomic mass is 16.3. The molecule has 7 nitrogen and oxygen atoms in total. The molecule has 1 aromatic heterocycles. The third kappa shape index (κ3) is 6.35. The molecule has 2 aliphatic heterocycles. The van der Waals surface area contributed by atoms with Crippen molar-refractivity contribution in [2.45, 2.75) is 57.3 Å². The summed E-state index contributed by atoms with van der Waals surface area (Å²) in [7, 11) is 0. The van der Waals surface area contributed by atoms with Crippen LogP contribution in [-0.4, -0.2) is 51.8 Å². The number of likely N-dealkylation sites (tertiary alicyclic amines) is 1. The van der Waals surface area contributed by atoms with Gasteiger partial charge in [-0.2, -0.15) is 10.2 Å². The highest BCUT2D eigenvalue weighted by Gasteiger charge is 2.32. The number of anilines is 1. The van der Waals surface area contributed by atoms with Crippen molar-refractivity contribution >= 4 is 11.6 Å². The van der Waals surface area contributed by atoms with Gasteiger partial charge >= 0.3 is 0 Å². The van der Waals surface area contributed by atoms with Gasteiger partial charge in [0.15, 0.2) is 0 Å². The van der Waals surface area contributed by atoms with Gasteiger partial charge < -0.3 is 10.0 Å². The van der Waals surface area contributed by atoms with Gasteiger partial charge in [0.1, 0.15) is 11.9 Å². The number of nitrogens with zero attached hydrogens (tertiary/aromatic N) is 4. The molecule has 2 atom stereocenters. The zero-order chi connectivity index (χ0) is 24.7. The third-order valence-corrected chi connectivity index (χ3v) is 7.15. The molecule has 3 aromatic rings. The fourth-order valence-electron chi connectivity index (χ4n) is 5.10. The van der Waals surface area contributed by atoms with Crippen molar-refractivity contribution in [3.05, 3.63) is 89.2 Å². The van der Waals surface area contributed by atoms with E-state index in [1.807, 2.05) is 36.4 Å². The van der Waals surface area contributed by atoms with Gasteiger partial charge in [-0.1, -0.05) is 48.9 Å². The maximum Gasteiger partial charge on any atom is 0.228 e. The second-order valence-corrected chi connectivity index (χ2v) is 9.91. The van der Waals surface area contributed by atoms with E-state index in [0.29, 0.717) is 18.7 Å². The van der Waals surface area contributed by atoms with Gasteiger partial charge in [-0.3, -0.25) is 15.0 Å². The second kappa shape index (κ2) is 11.7. The number of hydrogen-bond donors (Lipinski definition) is 2. The summed E-state index contributed by atoms with van der Waals surface area (Å²) in [6.45, 7) is 3.83. The van der Waals surface area contributed by atoms with E-state index in [1.54, 1.807) is 11.0 Å². The second-order valence-electron chi connectivity index (χ2n) is 9.91. The fraction of sp³-hybridized carbons (Fsp3) is 0.414. The van der Waals surface area contributed by atoms with E-state index in [0.717, 1.165) is 30.8 Å². The normalized spacial score (nSPS) is 19.5. The summed E-state index contributed by atoms with van der Waals surface area (Å²) in [6.07, 6.45) is 4.97. The average Bonchev–Trinajstić information content (AvgIpc) is 3.29. The summed E-state index contributed by atoms with van der Waals surface area (Å²) in [6, 6.07) is 22.2. The Morgan fingerprint density at radius 3 is 2.39 bits per heavy atom. The topological polar surface area (TPSA) is 81.6 Å². The van der Waals surface area contributed by atoms with Crippen molar-refractivity contribution in [1.82, 2.24) is 20.4 Å². The van der Waals surface area contributed by atoms with Crippen LogP contribution in [0.1, 0.15) is 54.4 Å². The summed E-state index contributed by atoms with van der Waals surface area (Å²) < 4.78 is 0. The smallest absolute Gasteiger partial charge is 0.228 e. The first-order chi connectivity index (χ1) is 17.6. The van der Waals surface area contributed by atoms with E-state index in [2.05, 4.69) is 44.7 Å². The van der Waals surface area contributed by atoms with Crippen molar-refractivity contribution in [3.63, 3.8) is 0 Å². The number of aliphatic hydroxyl groups excluding tert-OH is 1. The number of nitrogens with one attached hydrogen (secondary N) is 1. The van der Waals surface area contributed by atoms with Gasteiger partial charge in [-0.05, 0) is 74.2 Å². The average molecular weight is 486 g/mol. The van der Waals surface area contributed by atoms with Gasteiger partial charge in [0, 0.05) is 31.2 Å². The lowest BCUT2D eigenvalue weighted by atomic mass is 10.1. The Morgan fingerprint density at radius 2 is 1.67 bits per heavy atom. The van der Waals surface area contributed by atoms with Crippen molar-refractivity contribution in [2.24, 2.45) is 0 Å². The van der Waals surface area contributed by atoms with Gasteiger partial charge in [0.25, 0.3) is 0 Å². The number of rotatable bonds is 9. The third-order valence-electron chi connectivity index (χ3n) is 7.15. The van der Waals surface area contributed by atoms with E-state index < -0.39 is 6.23 Å².